The van der Waals surface area contributed by atoms with Crippen LogP contribution in [0.3, 0.4) is 0 Å². The van der Waals surface area contributed by atoms with Crippen LogP contribution in [0, 0.1) is 6.92 Å². The molecule has 0 amide bonds. The first kappa shape index (κ1) is 14.8. The first-order valence-electron chi connectivity index (χ1n) is 7.56. The summed E-state index contributed by atoms with van der Waals surface area (Å²) in [6.07, 6.45) is 2.10. The molecule has 1 aromatic heterocycles. The third-order valence-electron chi connectivity index (χ3n) is 4.12. The lowest BCUT2D eigenvalue weighted by Gasteiger charge is -2.24. The topological polar surface area (TPSA) is 66.6 Å². The van der Waals surface area contributed by atoms with Crippen molar-refractivity contribution in [3.63, 3.8) is 0 Å². The van der Waals surface area contributed by atoms with Crippen molar-refractivity contribution in [2.24, 2.45) is 0 Å². The van der Waals surface area contributed by atoms with Gasteiger partial charge in [-0.05, 0) is 26.7 Å². The lowest BCUT2D eigenvalue weighted by atomic mass is 10.1. The van der Waals surface area contributed by atoms with E-state index in [1.54, 1.807) is 6.92 Å². The number of aliphatic carboxylic acids is 1. The fourth-order valence-corrected chi connectivity index (χ4v) is 2.56. The molecule has 0 aliphatic heterocycles. The fraction of sp³-hybridized carbons (Fsp3) is 0.412. The number of carboxylic acid groups (broad SMARTS) is 1. The van der Waals surface area contributed by atoms with Gasteiger partial charge in [-0.3, -0.25) is 9.69 Å². The molecule has 0 bridgehead atoms. The minimum absolute atomic E-state index is 0.346. The molecule has 1 atom stereocenters. The summed E-state index contributed by atoms with van der Waals surface area (Å²) in [5.41, 5.74) is 2.99. The average Bonchev–Trinajstić information content (AvgIpc) is 3.24. The lowest BCUT2D eigenvalue weighted by molar-refractivity contribution is -0.143. The normalized spacial score (nSPS) is 16.0. The quantitative estimate of drug-likeness (QED) is 0.888. The molecule has 1 saturated carbocycles. The van der Waals surface area contributed by atoms with E-state index in [4.69, 9.17) is 4.52 Å². The van der Waals surface area contributed by atoms with Gasteiger partial charge in [0.25, 0.3) is 0 Å². The zero-order valence-corrected chi connectivity index (χ0v) is 12.8. The van der Waals surface area contributed by atoms with Crippen molar-refractivity contribution < 1.29 is 14.4 Å². The van der Waals surface area contributed by atoms with Crippen LogP contribution >= 0.6 is 0 Å². The summed E-state index contributed by atoms with van der Waals surface area (Å²) in [6.45, 7) is 4.24. The molecule has 0 saturated heterocycles. The minimum atomic E-state index is -0.801. The molecule has 1 heterocycles. The summed E-state index contributed by atoms with van der Waals surface area (Å²) in [5.74, 6) is -0.0965. The fourth-order valence-electron chi connectivity index (χ4n) is 2.56. The van der Waals surface area contributed by atoms with Gasteiger partial charge in [0.2, 0.25) is 0 Å². The standard InChI is InChI=1S/C17H20N2O3/c1-11-3-5-13(6-4-11)16-9-15(22-18-16)10-19(14-7-8-14)12(2)17(20)21/h3-6,9,12,14H,7-8,10H2,1-2H3,(H,20,21). The van der Waals surface area contributed by atoms with E-state index in [-0.39, 0.29) is 0 Å². The van der Waals surface area contributed by atoms with Crippen molar-refractivity contribution in [3.05, 3.63) is 41.7 Å². The highest BCUT2D eigenvalue weighted by Gasteiger charge is 2.35. The van der Waals surface area contributed by atoms with Crippen molar-refractivity contribution in [1.29, 1.82) is 0 Å². The first-order valence-corrected chi connectivity index (χ1v) is 7.56. The molecule has 2 aromatic rings. The van der Waals surface area contributed by atoms with Crippen LogP contribution in [0.5, 0.6) is 0 Å². The molecule has 0 spiro atoms. The Morgan fingerprint density at radius 2 is 2.09 bits per heavy atom. The second-order valence-corrected chi connectivity index (χ2v) is 5.96. The molecule has 22 heavy (non-hydrogen) atoms. The van der Waals surface area contributed by atoms with Crippen molar-refractivity contribution in [3.8, 4) is 11.3 Å². The number of benzene rings is 1. The molecule has 1 aliphatic rings. The first-order chi connectivity index (χ1) is 10.5. The zero-order chi connectivity index (χ0) is 15.7. The van der Waals surface area contributed by atoms with Gasteiger partial charge in [-0.25, -0.2) is 0 Å². The van der Waals surface area contributed by atoms with E-state index in [1.165, 1.54) is 5.56 Å². The molecule has 1 N–H and O–H groups in total. The molecule has 1 unspecified atom stereocenters. The van der Waals surface area contributed by atoms with E-state index in [0.29, 0.717) is 18.3 Å². The number of nitrogens with zero attached hydrogens (tertiary/aromatic N) is 2. The van der Waals surface area contributed by atoms with E-state index in [1.807, 2.05) is 42.2 Å². The second kappa shape index (κ2) is 5.93. The largest absolute Gasteiger partial charge is 0.480 e. The Labute approximate surface area is 129 Å². The Hall–Kier alpha value is -2.14. The maximum atomic E-state index is 11.2. The summed E-state index contributed by atoms with van der Waals surface area (Å²) < 4.78 is 5.40. The van der Waals surface area contributed by atoms with Crippen molar-refractivity contribution in [2.45, 2.75) is 45.3 Å². The molecule has 1 aliphatic carbocycles. The highest BCUT2D eigenvalue weighted by atomic mass is 16.5. The van der Waals surface area contributed by atoms with Crippen molar-refractivity contribution in [2.75, 3.05) is 0 Å². The van der Waals surface area contributed by atoms with E-state index >= 15 is 0 Å². The van der Waals surface area contributed by atoms with E-state index < -0.39 is 12.0 Å². The lowest BCUT2D eigenvalue weighted by Crippen LogP contribution is -2.39. The Morgan fingerprint density at radius 1 is 1.41 bits per heavy atom. The summed E-state index contributed by atoms with van der Waals surface area (Å²) >= 11 is 0. The average molecular weight is 300 g/mol. The summed E-state index contributed by atoms with van der Waals surface area (Å²) in [6, 6.07) is 9.82. The van der Waals surface area contributed by atoms with E-state index in [9.17, 15) is 9.90 Å². The molecule has 5 nitrogen and oxygen atoms in total. The number of carbonyl (C=O) groups is 1. The van der Waals surface area contributed by atoms with Gasteiger partial charge in [0.15, 0.2) is 5.76 Å². The van der Waals surface area contributed by atoms with Gasteiger partial charge in [0.1, 0.15) is 11.7 Å². The van der Waals surface area contributed by atoms with E-state index in [0.717, 1.165) is 24.1 Å². The van der Waals surface area contributed by atoms with Crippen LogP contribution in [0.2, 0.25) is 0 Å². The molecule has 1 fully saturated rings. The number of aryl methyl sites for hydroxylation is 1. The summed E-state index contributed by atoms with van der Waals surface area (Å²) in [7, 11) is 0. The van der Waals surface area contributed by atoms with Crippen LogP contribution in [0.1, 0.15) is 31.1 Å². The smallest absolute Gasteiger partial charge is 0.320 e. The molecule has 5 heteroatoms. The Balaban J connectivity index is 1.75. The van der Waals surface area contributed by atoms with Gasteiger partial charge in [-0.15, -0.1) is 0 Å². The SMILES string of the molecule is Cc1ccc(-c2cc(CN(C3CC3)C(C)C(=O)O)on2)cc1. The zero-order valence-electron chi connectivity index (χ0n) is 12.8. The number of aromatic nitrogens is 1. The molecule has 1 aromatic carbocycles. The number of carboxylic acids is 1. The van der Waals surface area contributed by atoms with Gasteiger partial charge in [-0.2, -0.15) is 0 Å². The Kier molecular flexibility index (Phi) is 3.98. The van der Waals surface area contributed by atoms with Crippen LogP contribution in [-0.2, 0) is 11.3 Å². The monoisotopic (exact) mass is 300 g/mol. The van der Waals surface area contributed by atoms with Crippen LogP contribution in [0.15, 0.2) is 34.9 Å². The number of hydrogen-bond acceptors (Lipinski definition) is 4. The maximum absolute atomic E-state index is 11.2. The number of rotatable bonds is 6. The highest BCUT2D eigenvalue weighted by Crippen LogP contribution is 2.31. The summed E-state index contributed by atoms with van der Waals surface area (Å²) in [5, 5.41) is 13.3. The summed E-state index contributed by atoms with van der Waals surface area (Å²) in [4.78, 5) is 13.2. The van der Waals surface area contributed by atoms with Crippen molar-refractivity contribution in [1.82, 2.24) is 10.1 Å². The third-order valence-corrected chi connectivity index (χ3v) is 4.12. The molecule has 116 valence electrons. The van der Waals surface area contributed by atoms with Gasteiger partial charge >= 0.3 is 5.97 Å². The van der Waals surface area contributed by atoms with Crippen LogP contribution in [-0.4, -0.2) is 33.2 Å². The predicted octanol–water partition coefficient (Wildman–Crippen LogP) is 3.09. The van der Waals surface area contributed by atoms with Gasteiger partial charge in [-0.1, -0.05) is 35.0 Å². The molecule has 0 radical (unpaired) electrons. The molecular weight excluding hydrogens is 280 g/mol. The number of hydrogen-bond donors (Lipinski definition) is 1. The second-order valence-electron chi connectivity index (χ2n) is 5.96. The predicted molar refractivity (Wildman–Crippen MR) is 82.3 cm³/mol. The highest BCUT2D eigenvalue weighted by molar-refractivity contribution is 5.73. The van der Waals surface area contributed by atoms with Crippen LogP contribution in [0.25, 0.3) is 11.3 Å². The van der Waals surface area contributed by atoms with Crippen LogP contribution < -0.4 is 0 Å². The Bertz CT molecular complexity index is 659. The van der Waals surface area contributed by atoms with Gasteiger partial charge in [0.05, 0.1) is 6.54 Å². The van der Waals surface area contributed by atoms with E-state index in [2.05, 4.69) is 5.16 Å². The van der Waals surface area contributed by atoms with Gasteiger partial charge < -0.3 is 9.63 Å². The van der Waals surface area contributed by atoms with Crippen molar-refractivity contribution >= 4 is 5.97 Å². The van der Waals surface area contributed by atoms with Gasteiger partial charge in [0, 0.05) is 17.7 Å². The molecular formula is C17H20N2O3. The van der Waals surface area contributed by atoms with Crippen LogP contribution in [0.4, 0.5) is 0 Å². The molecule has 3 rings (SSSR count). The Morgan fingerprint density at radius 3 is 2.68 bits per heavy atom. The maximum Gasteiger partial charge on any atom is 0.320 e. The third kappa shape index (κ3) is 3.20. The minimum Gasteiger partial charge on any atom is -0.480 e.